The van der Waals surface area contributed by atoms with Gasteiger partial charge in [0.15, 0.2) is 0 Å². The van der Waals surface area contributed by atoms with Gasteiger partial charge < -0.3 is 10.5 Å². The van der Waals surface area contributed by atoms with Crippen LogP contribution in [0.3, 0.4) is 0 Å². The first-order chi connectivity index (χ1) is 11.2. The molecule has 0 radical (unpaired) electrons. The molecule has 0 saturated carbocycles. The summed E-state index contributed by atoms with van der Waals surface area (Å²) in [5.74, 6) is 0.692. The van der Waals surface area contributed by atoms with Gasteiger partial charge in [-0.3, -0.25) is 0 Å². The molecule has 2 rings (SSSR count). The zero-order valence-electron chi connectivity index (χ0n) is 14.7. The molecule has 0 unspecified atom stereocenters. The van der Waals surface area contributed by atoms with Gasteiger partial charge in [0.1, 0.15) is 5.75 Å². The Labute approximate surface area is 144 Å². The molecule has 0 bridgehead atoms. The quantitative estimate of drug-likeness (QED) is 0.833. The van der Waals surface area contributed by atoms with Crippen molar-refractivity contribution in [1.82, 2.24) is 4.31 Å². The summed E-state index contributed by atoms with van der Waals surface area (Å²) in [7, 11) is -2.02. The van der Waals surface area contributed by atoms with Crippen LogP contribution < -0.4 is 10.5 Å². The largest absolute Gasteiger partial charge is 0.493 e. The number of hydrogen-bond acceptors (Lipinski definition) is 4. The van der Waals surface area contributed by atoms with E-state index in [0.29, 0.717) is 30.8 Å². The normalized spacial score (nSPS) is 12.8. The smallest absolute Gasteiger partial charge is 0.243 e. The van der Waals surface area contributed by atoms with Crippen molar-refractivity contribution in [2.45, 2.75) is 25.7 Å². The van der Waals surface area contributed by atoms with Crippen molar-refractivity contribution >= 4 is 20.8 Å². The van der Waals surface area contributed by atoms with Crippen molar-refractivity contribution in [2.24, 2.45) is 11.1 Å². The number of benzene rings is 2. The Morgan fingerprint density at radius 2 is 1.75 bits per heavy atom. The van der Waals surface area contributed by atoms with Crippen molar-refractivity contribution in [3.8, 4) is 5.75 Å². The molecule has 2 aromatic carbocycles. The minimum Gasteiger partial charge on any atom is -0.493 e. The molecular weight excluding hydrogens is 324 g/mol. The highest BCUT2D eigenvalue weighted by atomic mass is 32.2. The van der Waals surface area contributed by atoms with Crippen LogP contribution in [0, 0.1) is 5.41 Å². The lowest BCUT2D eigenvalue weighted by atomic mass is 9.94. The summed E-state index contributed by atoms with van der Waals surface area (Å²) in [6, 6.07) is 10.7. The van der Waals surface area contributed by atoms with Crippen LogP contribution in [0.1, 0.15) is 20.8 Å². The van der Waals surface area contributed by atoms with Crippen molar-refractivity contribution in [1.29, 1.82) is 0 Å². The minimum atomic E-state index is -3.62. The monoisotopic (exact) mass is 350 g/mol. The standard InChI is InChI=1S/C18H26N2O3S/c1-5-23-16-10-11-17(15-9-7-6-8-14(15)16)24(21,22)20(4)13-18(2,3)12-19/h6-11H,5,12-13,19H2,1-4H3. The predicted molar refractivity (Wildman–Crippen MR) is 97.8 cm³/mol. The molecule has 2 aromatic rings. The SMILES string of the molecule is CCOc1ccc(S(=O)(=O)N(C)CC(C)(C)CN)c2ccccc12. The highest BCUT2D eigenvalue weighted by Crippen LogP contribution is 2.33. The number of fused-ring (bicyclic) bond motifs is 1. The summed E-state index contributed by atoms with van der Waals surface area (Å²) >= 11 is 0. The van der Waals surface area contributed by atoms with Crippen LogP contribution in [0.2, 0.25) is 0 Å². The molecule has 0 aliphatic rings. The summed E-state index contributed by atoms with van der Waals surface area (Å²) in [5.41, 5.74) is 5.45. The highest BCUT2D eigenvalue weighted by Gasteiger charge is 2.28. The molecular formula is C18H26N2O3S. The summed E-state index contributed by atoms with van der Waals surface area (Å²) in [6.07, 6.45) is 0. The third-order valence-electron chi connectivity index (χ3n) is 4.04. The second-order valence-corrected chi connectivity index (χ2v) is 8.68. The molecule has 0 amide bonds. The number of rotatable bonds is 7. The molecule has 0 heterocycles. The Balaban J connectivity index is 2.53. The lowest BCUT2D eigenvalue weighted by Gasteiger charge is -2.28. The van der Waals surface area contributed by atoms with Crippen LogP contribution in [0.15, 0.2) is 41.3 Å². The number of nitrogens with zero attached hydrogens (tertiary/aromatic N) is 1. The lowest BCUT2D eigenvalue weighted by Crippen LogP contribution is -2.39. The Bertz CT molecular complexity index is 816. The first-order valence-electron chi connectivity index (χ1n) is 8.04. The fourth-order valence-corrected chi connectivity index (χ4v) is 4.22. The fourth-order valence-electron chi connectivity index (χ4n) is 2.67. The number of hydrogen-bond donors (Lipinski definition) is 1. The van der Waals surface area contributed by atoms with Crippen molar-refractivity contribution in [3.05, 3.63) is 36.4 Å². The zero-order chi connectivity index (χ0) is 18.0. The summed E-state index contributed by atoms with van der Waals surface area (Å²) in [5, 5.41) is 1.47. The molecule has 0 saturated heterocycles. The predicted octanol–water partition coefficient (Wildman–Crippen LogP) is 2.84. The van der Waals surface area contributed by atoms with Crippen LogP contribution in [0.5, 0.6) is 5.75 Å². The molecule has 24 heavy (non-hydrogen) atoms. The van der Waals surface area contributed by atoms with Gasteiger partial charge in [0.05, 0.1) is 11.5 Å². The lowest BCUT2D eigenvalue weighted by molar-refractivity contribution is 0.292. The molecule has 5 nitrogen and oxygen atoms in total. The minimum absolute atomic E-state index is 0.289. The average molecular weight is 350 g/mol. The number of sulfonamides is 1. The third-order valence-corrected chi connectivity index (χ3v) is 5.90. The van der Waals surface area contributed by atoms with E-state index < -0.39 is 10.0 Å². The molecule has 0 aliphatic heterocycles. The van der Waals surface area contributed by atoms with E-state index in [9.17, 15) is 8.42 Å². The maximum atomic E-state index is 13.1. The van der Waals surface area contributed by atoms with Crippen molar-refractivity contribution in [3.63, 3.8) is 0 Å². The number of ether oxygens (including phenoxy) is 1. The molecule has 2 N–H and O–H groups in total. The summed E-state index contributed by atoms with van der Waals surface area (Å²) in [4.78, 5) is 0.289. The average Bonchev–Trinajstić information content (AvgIpc) is 2.54. The van der Waals surface area contributed by atoms with Crippen LogP contribution in [-0.4, -0.2) is 39.5 Å². The van der Waals surface area contributed by atoms with Crippen molar-refractivity contribution < 1.29 is 13.2 Å². The molecule has 0 aromatic heterocycles. The van der Waals surface area contributed by atoms with E-state index >= 15 is 0 Å². The van der Waals surface area contributed by atoms with Gasteiger partial charge in [0.25, 0.3) is 0 Å². The van der Waals surface area contributed by atoms with E-state index in [1.807, 2.05) is 45.0 Å². The topological polar surface area (TPSA) is 72.6 Å². The summed E-state index contributed by atoms with van der Waals surface area (Å²) in [6.45, 7) is 7.11. The van der Waals surface area contributed by atoms with Gasteiger partial charge in [-0.15, -0.1) is 0 Å². The van der Waals surface area contributed by atoms with Gasteiger partial charge in [-0.05, 0) is 31.0 Å². The molecule has 0 fully saturated rings. The van der Waals surface area contributed by atoms with Crippen LogP contribution in [0.4, 0.5) is 0 Å². The highest BCUT2D eigenvalue weighted by molar-refractivity contribution is 7.89. The van der Waals surface area contributed by atoms with Gasteiger partial charge in [-0.25, -0.2) is 12.7 Å². The molecule has 0 atom stereocenters. The maximum Gasteiger partial charge on any atom is 0.243 e. The van der Waals surface area contributed by atoms with Crippen LogP contribution in [0.25, 0.3) is 10.8 Å². The second-order valence-electron chi connectivity index (χ2n) is 6.67. The molecule has 0 aliphatic carbocycles. The zero-order valence-corrected chi connectivity index (χ0v) is 15.6. The van der Waals surface area contributed by atoms with Gasteiger partial charge in [0, 0.05) is 24.4 Å². The fraction of sp³-hybridized carbons (Fsp3) is 0.444. The Morgan fingerprint density at radius 1 is 1.12 bits per heavy atom. The van der Waals surface area contributed by atoms with Crippen LogP contribution in [-0.2, 0) is 10.0 Å². The van der Waals surface area contributed by atoms with Gasteiger partial charge in [-0.2, -0.15) is 0 Å². The Hall–Kier alpha value is -1.63. The van der Waals surface area contributed by atoms with Crippen LogP contribution >= 0.6 is 0 Å². The van der Waals surface area contributed by atoms with E-state index in [1.54, 1.807) is 19.2 Å². The van der Waals surface area contributed by atoms with Gasteiger partial charge in [0.2, 0.25) is 10.0 Å². The van der Waals surface area contributed by atoms with E-state index in [2.05, 4.69) is 0 Å². The van der Waals surface area contributed by atoms with Gasteiger partial charge in [-0.1, -0.05) is 38.1 Å². The van der Waals surface area contributed by atoms with E-state index in [0.717, 1.165) is 5.39 Å². The molecule has 0 spiro atoms. The first kappa shape index (κ1) is 18.7. The second kappa shape index (κ2) is 7.09. The summed E-state index contributed by atoms with van der Waals surface area (Å²) < 4.78 is 33.1. The third kappa shape index (κ3) is 3.71. The number of nitrogens with two attached hydrogens (primary N) is 1. The Morgan fingerprint density at radius 3 is 2.33 bits per heavy atom. The first-order valence-corrected chi connectivity index (χ1v) is 9.48. The Kier molecular flexibility index (Phi) is 5.52. The molecule has 6 heteroatoms. The van der Waals surface area contributed by atoms with Crippen molar-refractivity contribution in [2.75, 3.05) is 26.7 Å². The van der Waals surface area contributed by atoms with Gasteiger partial charge >= 0.3 is 0 Å². The van der Waals surface area contributed by atoms with E-state index in [4.69, 9.17) is 10.5 Å². The maximum absolute atomic E-state index is 13.1. The molecule has 132 valence electrons. The van der Waals surface area contributed by atoms with E-state index in [1.165, 1.54) is 4.31 Å². The van der Waals surface area contributed by atoms with E-state index in [-0.39, 0.29) is 10.3 Å².